The Labute approximate surface area is 102 Å². The van der Waals surface area contributed by atoms with Gasteiger partial charge in [-0.3, -0.25) is 4.21 Å². The highest BCUT2D eigenvalue weighted by molar-refractivity contribution is 7.84. The SMILES string of the molecule is CS(=O)CCNCc1ccc(Cl)cc1Cl. The van der Waals surface area contributed by atoms with Crippen LogP contribution in [0.2, 0.25) is 10.0 Å². The molecule has 0 aromatic heterocycles. The minimum absolute atomic E-state index is 0.637. The van der Waals surface area contributed by atoms with Crippen molar-refractivity contribution in [1.29, 1.82) is 0 Å². The molecular formula is C10H13Cl2NOS. The second-order valence-electron chi connectivity index (χ2n) is 3.19. The molecule has 0 amide bonds. The number of nitrogens with one attached hydrogen (secondary N) is 1. The molecule has 1 unspecified atom stereocenters. The zero-order valence-corrected chi connectivity index (χ0v) is 10.8. The second kappa shape index (κ2) is 6.48. The predicted octanol–water partition coefficient (Wildman–Crippen LogP) is 2.46. The van der Waals surface area contributed by atoms with Gasteiger partial charge in [-0.25, -0.2) is 0 Å². The second-order valence-corrected chi connectivity index (χ2v) is 5.59. The lowest BCUT2D eigenvalue weighted by Crippen LogP contribution is -2.19. The molecule has 0 saturated carbocycles. The zero-order valence-electron chi connectivity index (χ0n) is 8.43. The summed E-state index contributed by atoms with van der Waals surface area (Å²) in [6.45, 7) is 1.40. The van der Waals surface area contributed by atoms with Crippen LogP contribution in [0.15, 0.2) is 18.2 Å². The molecule has 0 aliphatic heterocycles. The average Bonchev–Trinajstić information content (AvgIpc) is 2.14. The van der Waals surface area contributed by atoms with Gasteiger partial charge in [0.15, 0.2) is 0 Å². The normalized spacial score (nSPS) is 12.7. The van der Waals surface area contributed by atoms with Crippen LogP contribution in [-0.2, 0) is 17.3 Å². The molecule has 0 aliphatic rings. The van der Waals surface area contributed by atoms with Crippen molar-refractivity contribution in [3.8, 4) is 0 Å². The van der Waals surface area contributed by atoms with Crippen molar-refractivity contribution in [3.63, 3.8) is 0 Å². The summed E-state index contributed by atoms with van der Waals surface area (Å²) in [5, 5.41) is 4.47. The molecule has 0 fully saturated rings. The fraction of sp³-hybridized carbons (Fsp3) is 0.400. The van der Waals surface area contributed by atoms with Gasteiger partial charge in [0.1, 0.15) is 0 Å². The van der Waals surface area contributed by atoms with E-state index in [0.29, 0.717) is 22.3 Å². The Morgan fingerprint density at radius 2 is 2.13 bits per heavy atom. The van der Waals surface area contributed by atoms with Gasteiger partial charge >= 0.3 is 0 Å². The third kappa shape index (κ3) is 4.98. The highest BCUT2D eigenvalue weighted by atomic mass is 35.5. The lowest BCUT2D eigenvalue weighted by molar-refractivity contribution is 0.677. The molecule has 84 valence electrons. The first-order chi connectivity index (χ1) is 7.09. The van der Waals surface area contributed by atoms with E-state index >= 15 is 0 Å². The molecule has 1 N–H and O–H groups in total. The monoisotopic (exact) mass is 265 g/mol. The third-order valence-corrected chi connectivity index (χ3v) is 3.26. The predicted molar refractivity (Wildman–Crippen MR) is 67.1 cm³/mol. The molecule has 1 aromatic rings. The highest BCUT2D eigenvalue weighted by Crippen LogP contribution is 2.20. The Bertz CT molecular complexity index is 357. The van der Waals surface area contributed by atoms with Gasteiger partial charge in [0.25, 0.3) is 0 Å². The topological polar surface area (TPSA) is 29.1 Å². The number of hydrogen-bond donors (Lipinski definition) is 1. The van der Waals surface area contributed by atoms with Crippen LogP contribution in [0, 0.1) is 0 Å². The Kier molecular flexibility index (Phi) is 5.61. The number of halogens is 2. The summed E-state index contributed by atoms with van der Waals surface area (Å²) in [5.74, 6) is 0.658. The van der Waals surface area contributed by atoms with E-state index in [9.17, 15) is 4.21 Å². The van der Waals surface area contributed by atoms with E-state index < -0.39 is 10.8 Å². The van der Waals surface area contributed by atoms with Crippen LogP contribution in [0.5, 0.6) is 0 Å². The molecule has 1 aromatic carbocycles. The number of hydrogen-bond acceptors (Lipinski definition) is 2. The fourth-order valence-electron chi connectivity index (χ4n) is 1.10. The largest absolute Gasteiger partial charge is 0.312 e. The van der Waals surface area contributed by atoms with Crippen LogP contribution in [-0.4, -0.2) is 22.8 Å². The Morgan fingerprint density at radius 3 is 2.73 bits per heavy atom. The molecule has 1 rings (SSSR count). The molecule has 0 saturated heterocycles. The molecule has 0 heterocycles. The van der Waals surface area contributed by atoms with Crippen LogP contribution in [0.4, 0.5) is 0 Å². The maximum atomic E-state index is 10.8. The van der Waals surface area contributed by atoms with Crippen molar-refractivity contribution in [2.24, 2.45) is 0 Å². The van der Waals surface area contributed by atoms with E-state index in [2.05, 4.69) is 5.32 Å². The Balaban J connectivity index is 2.40. The highest BCUT2D eigenvalue weighted by Gasteiger charge is 2.00. The maximum Gasteiger partial charge on any atom is 0.0465 e. The minimum atomic E-state index is -0.749. The summed E-state index contributed by atoms with van der Waals surface area (Å²) in [7, 11) is -0.749. The molecule has 0 spiro atoms. The van der Waals surface area contributed by atoms with Crippen LogP contribution < -0.4 is 5.32 Å². The molecule has 0 bridgehead atoms. The summed E-state index contributed by atoms with van der Waals surface area (Å²) >= 11 is 11.8. The summed E-state index contributed by atoms with van der Waals surface area (Å²) in [5.41, 5.74) is 1.00. The summed E-state index contributed by atoms with van der Waals surface area (Å²) < 4.78 is 10.8. The van der Waals surface area contributed by atoms with Crippen molar-refractivity contribution in [2.75, 3.05) is 18.6 Å². The molecule has 0 aliphatic carbocycles. The lowest BCUT2D eigenvalue weighted by Gasteiger charge is -2.06. The van der Waals surface area contributed by atoms with Crippen molar-refractivity contribution in [3.05, 3.63) is 33.8 Å². The van der Waals surface area contributed by atoms with Gasteiger partial charge in [0.05, 0.1) is 0 Å². The van der Waals surface area contributed by atoms with Crippen LogP contribution in [0.1, 0.15) is 5.56 Å². The van der Waals surface area contributed by atoms with E-state index in [1.165, 1.54) is 0 Å². The number of benzene rings is 1. The molecule has 2 nitrogen and oxygen atoms in total. The summed E-state index contributed by atoms with van der Waals surface area (Å²) in [6.07, 6.45) is 1.69. The molecule has 1 atom stereocenters. The standard InChI is InChI=1S/C10H13Cl2NOS/c1-15(14)5-4-13-7-8-2-3-9(11)6-10(8)12/h2-3,6,13H,4-5,7H2,1H3. The average molecular weight is 266 g/mol. The molecular weight excluding hydrogens is 253 g/mol. The Hall–Kier alpha value is -0.0900. The van der Waals surface area contributed by atoms with E-state index in [4.69, 9.17) is 23.2 Å². The van der Waals surface area contributed by atoms with Crippen LogP contribution in [0.25, 0.3) is 0 Å². The first-order valence-corrected chi connectivity index (χ1v) is 7.02. The van der Waals surface area contributed by atoms with Gasteiger partial charge in [-0.2, -0.15) is 0 Å². The van der Waals surface area contributed by atoms with Crippen molar-refractivity contribution in [2.45, 2.75) is 6.54 Å². The zero-order chi connectivity index (χ0) is 11.3. The number of rotatable bonds is 5. The Morgan fingerprint density at radius 1 is 1.40 bits per heavy atom. The summed E-state index contributed by atoms with van der Waals surface area (Å²) in [4.78, 5) is 0. The first-order valence-electron chi connectivity index (χ1n) is 4.54. The smallest absolute Gasteiger partial charge is 0.0465 e. The van der Waals surface area contributed by atoms with E-state index in [-0.39, 0.29) is 0 Å². The van der Waals surface area contributed by atoms with Crippen molar-refractivity contribution in [1.82, 2.24) is 5.32 Å². The fourth-order valence-corrected chi connectivity index (χ4v) is 2.01. The lowest BCUT2D eigenvalue weighted by atomic mass is 10.2. The summed E-state index contributed by atoms with van der Waals surface area (Å²) in [6, 6.07) is 5.42. The van der Waals surface area contributed by atoms with Crippen molar-refractivity contribution < 1.29 is 4.21 Å². The first kappa shape index (κ1) is 13.0. The van der Waals surface area contributed by atoms with E-state index in [1.54, 1.807) is 12.3 Å². The van der Waals surface area contributed by atoms with Gasteiger partial charge in [0.2, 0.25) is 0 Å². The van der Waals surface area contributed by atoms with Crippen LogP contribution >= 0.6 is 23.2 Å². The van der Waals surface area contributed by atoms with E-state index in [0.717, 1.165) is 12.1 Å². The van der Waals surface area contributed by atoms with Gasteiger partial charge < -0.3 is 5.32 Å². The maximum absolute atomic E-state index is 10.8. The third-order valence-electron chi connectivity index (χ3n) is 1.90. The van der Waals surface area contributed by atoms with Gasteiger partial charge in [0, 0.05) is 45.9 Å². The van der Waals surface area contributed by atoms with Crippen molar-refractivity contribution >= 4 is 34.0 Å². The minimum Gasteiger partial charge on any atom is -0.312 e. The van der Waals surface area contributed by atoms with Gasteiger partial charge in [-0.15, -0.1) is 0 Å². The van der Waals surface area contributed by atoms with Crippen LogP contribution in [0.3, 0.4) is 0 Å². The van der Waals surface area contributed by atoms with Gasteiger partial charge in [-0.1, -0.05) is 29.3 Å². The van der Waals surface area contributed by atoms with E-state index in [1.807, 2.05) is 12.1 Å². The quantitative estimate of drug-likeness (QED) is 0.829. The molecule has 0 radical (unpaired) electrons. The molecule has 15 heavy (non-hydrogen) atoms. The van der Waals surface area contributed by atoms with Gasteiger partial charge in [-0.05, 0) is 17.7 Å². The molecule has 5 heteroatoms.